The molecule has 1 aliphatic rings. The van der Waals surface area contributed by atoms with Crippen molar-refractivity contribution >= 4 is 16.6 Å². The summed E-state index contributed by atoms with van der Waals surface area (Å²) in [6.45, 7) is 8.24. The van der Waals surface area contributed by atoms with Crippen LogP contribution in [-0.2, 0) is 5.41 Å². The van der Waals surface area contributed by atoms with Crippen LogP contribution in [0, 0.1) is 11.6 Å². The maximum atomic E-state index is 14.0. The number of benzene rings is 2. The van der Waals surface area contributed by atoms with Crippen molar-refractivity contribution in [2.45, 2.75) is 38.6 Å². The van der Waals surface area contributed by atoms with Gasteiger partial charge in [-0.1, -0.05) is 19.9 Å². The third kappa shape index (κ3) is 2.36. The molecule has 0 spiro atoms. The number of rotatable bonds is 1. The van der Waals surface area contributed by atoms with Gasteiger partial charge in [-0.05, 0) is 61.9 Å². The van der Waals surface area contributed by atoms with Crippen molar-refractivity contribution in [3.63, 3.8) is 0 Å². The first-order valence-electron chi connectivity index (χ1n) is 8.67. The van der Waals surface area contributed by atoms with Crippen molar-refractivity contribution < 1.29 is 8.78 Å². The first-order chi connectivity index (χ1) is 12.2. The third-order valence-corrected chi connectivity index (χ3v) is 5.75. The molecule has 0 aliphatic carbocycles. The predicted molar refractivity (Wildman–Crippen MR) is 101 cm³/mol. The minimum Gasteiger partial charge on any atom is -0.275 e. The van der Waals surface area contributed by atoms with Crippen LogP contribution in [0.3, 0.4) is 0 Å². The van der Waals surface area contributed by atoms with E-state index in [4.69, 9.17) is 4.99 Å². The van der Waals surface area contributed by atoms with Gasteiger partial charge < -0.3 is 0 Å². The topological polar surface area (TPSA) is 25.2 Å². The van der Waals surface area contributed by atoms with Crippen LogP contribution in [0.2, 0.25) is 0 Å². The smallest absolute Gasteiger partial charge is 0.132 e. The van der Waals surface area contributed by atoms with Crippen LogP contribution in [0.5, 0.6) is 0 Å². The zero-order valence-corrected chi connectivity index (χ0v) is 15.3. The van der Waals surface area contributed by atoms with Gasteiger partial charge in [0.25, 0.3) is 0 Å². The quantitative estimate of drug-likeness (QED) is 0.575. The highest BCUT2D eigenvalue weighted by atomic mass is 19.1. The molecule has 0 bridgehead atoms. The van der Waals surface area contributed by atoms with E-state index in [0.717, 1.165) is 16.8 Å². The standard InChI is InChI=1S/C22H20F2N2/c1-21(2)16-12-13(23)8-9-14(16)20(26-22(21,3)4)19-11-10-15-17(24)6-5-7-18(15)25-19/h5-12H,1-4H3. The van der Waals surface area contributed by atoms with E-state index in [2.05, 4.69) is 18.8 Å². The lowest BCUT2D eigenvalue weighted by molar-refractivity contribution is 0.302. The Balaban J connectivity index is 1.98. The lowest BCUT2D eigenvalue weighted by atomic mass is 9.66. The number of pyridine rings is 1. The molecule has 0 unspecified atom stereocenters. The Kier molecular flexibility index (Phi) is 3.52. The van der Waals surface area contributed by atoms with E-state index in [9.17, 15) is 8.78 Å². The Morgan fingerprint density at radius 1 is 0.885 bits per heavy atom. The molecule has 0 fully saturated rings. The highest BCUT2D eigenvalue weighted by Crippen LogP contribution is 2.44. The van der Waals surface area contributed by atoms with Crippen LogP contribution in [0.15, 0.2) is 53.5 Å². The van der Waals surface area contributed by atoms with Crippen molar-refractivity contribution in [2.24, 2.45) is 4.99 Å². The van der Waals surface area contributed by atoms with E-state index in [1.165, 1.54) is 12.1 Å². The molecule has 3 aromatic rings. The SMILES string of the molecule is CC1(C)N=C(c2ccc3c(F)cccc3n2)c2ccc(F)cc2C1(C)C. The molecule has 132 valence electrons. The molecule has 2 aromatic carbocycles. The van der Waals surface area contributed by atoms with Gasteiger partial charge in [-0.3, -0.25) is 4.99 Å². The van der Waals surface area contributed by atoms with Gasteiger partial charge in [0.15, 0.2) is 0 Å². The van der Waals surface area contributed by atoms with E-state index >= 15 is 0 Å². The fourth-order valence-corrected chi connectivity index (χ4v) is 3.49. The van der Waals surface area contributed by atoms with Crippen LogP contribution in [0.1, 0.15) is 44.5 Å². The number of aromatic nitrogens is 1. The fraction of sp³-hybridized carbons (Fsp3) is 0.273. The summed E-state index contributed by atoms with van der Waals surface area (Å²) in [5.74, 6) is -0.557. The van der Waals surface area contributed by atoms with E-state index < -0.39 is 5.54 Å². The molecule has 2 nitrogen and oxygen atoms in total. The Morgan fingerprint density at radius 2 is 1.65 bits per heavy atom. The normalized spacial score (nSPS) is 17.7. The van der Waals surface area contributed by atoms with Gasteiger partial charge in [-0.25, -0.2) is 13.8 Å². The number of hydrogen-bond donors (Lipinski definition) is 0. The molecular weight excluding hydrogens is 330 g/mol. The summed E-state index contributed by atoms with van der Waals surface area (Å²) in [6, 6.07) is 13.2. The molecule has 4 heteroatoms. The molecule has 0 amide bonds. The lowest BCUT2D eigenvalue weighted by Gasteiger charge is -2.44. The average Bonchev–Trinajstić information content (AvgIpc) is 2.59. The summed E-state index contributed by atoms with van der Waals surface area (Å²) in [6.07, 6.45) is 0. The number of fused-ring (bicyclic) bond motifs is 2. The average molecular weight is 350 g/mol. The van der Waals surface area contributed by atoms with Gasteiger partial charge in [0.1, 0.15) is 11.6 Å². The van der Waals surface area contributed by atoms with Gasteiger partial charge in [0.05, 0.1) is 22.5 Å². The number of hydrogen-bond acceptors (Lipinski definition) is 2. The summed E-state index contributed by atoms with van der Waals surface area (Å²) in [5, 5.41) is 0.478. The highest BCUT2D eigenvalue weighted by Gasteiger charge is 2.44. The van der Waals surface area contributed by atoms with Crippen molar-refractivity contribution in [3.8, 4) is 0 Å². The minimum absolute atomic E-state index is 0.262. The molecule has 4 rings (SSSR count). The second-order valence-electron chi connectivity index (χ2n) is 7.84. The molecular formula is C22H20F2N2. The molecule has 0 atom stereocenters. The Morgan fingerprint density at radius 3 is 2.42 bits per heavy atom. The number of halogens is 2. The van der Waals surface area contributed by atoms with Gasteiger partial charge in [-0.15, -0.1) is 0 Å². The van der Waals surface area contributed by atoms with Gasteiger partial charge >= 0.3 is 0 Å². The van der Waals surface area contributed by atoms with Crippen molar-refractivity contribution in [1.82, 2.24) is 4.98 Å². The van der Waals surface area contributed by atoms with Crippen LogP contribution in [0.4, 0.5) is 8.78 Å². The minimum atomic E-state index is -0.443. The van der Waals surface area contributed by atoms with E-state index in [-0.39, 0.29) is 17.0 Å². The van der Waals surface area contributed by atoms with E-state index in [1.807, 2.05) is 13.8 Å². The molecule has 0 saturated carbocycles. The molecule has 0 radical (unpaired) electrons. The fourth-order valence-electron chi connectivity index (χ4n) is 3.49. The first kappa shape index (κ1) is 16.8. The monoisotopic (exact) mass is 350 g/mol. The van der Waals surface area contributed by atoms with Gasteiger partial charge in [0.2, 0.25) is 0 Å². The molecule has 1 aromatic heterocycles. The van der Waals surface area contributed by atoms with Crippen molar-refractivity contribution in [1.29, 1.82) is 0 Å². The lowest BCUT2D eigenvalue weighted by Crippen LogP contribution is -2.46. The molecule has 0 N–H and O–H groups in total. The summed E-state index contributed by atoms with van der Waals surface area (Å²) < 4.78 is 27.9. The summed E-state index contributed by atoms with van der Waals surface area (Å²) in [4.78, 5) is 9.61. The van der Waals surface area contributed by atoms with E-state index in [0.29, 0.717) is 16.6 Å². The Hall–Kier alpha value is -2.62. The molecule has 0 saturated heterocycles. The first-order valence-corrected chi connectivity index (χ1v) is 8.67. The summed E-state index contributed by atoms with van der Waals surface area (Å²) in [7, 11) is 0. The van der Waals surface area contributed by atoms with Crippen molar-refractivity contribution in [2.75, 3.05) is 0 Å². The summed E-state index contributed by atoms with van der Waals surface area (Å²) in [5.41, 5.74) is 2.97. The maximum absolute atomic E-state index is 14.0. The van der Waals surface area contributed by atoms with Gasteiger partial charge in [0, 0.05) is 16.4 Å². The van der Waals surface area contributed by atoms with Crippen LogP contribution >= 0.6 is 0 Å². The Bertz CT molecular complexity index is 1060. The number of aliphatic imine (C=N–C) groups is 1. The second kappa shape index (κ2) is 5.44. The zero-order valence-electron chi connectivity index (χ0n) is 15.3. The molecule has 1 aliphatic heterocycles. The zero-order chi connectivity index (χ0) is 18.7. The van der Waals surface area contributed by atoms with Crippen LogP contribution < -0.4 is 0 Å². The molecule has 26 heavy (non-hydrogen) atoms. The van der Waals surface area contributed by atoms with Crippen LogP contribution in [0.25, 0.3) is 10.9 Å². The molecule has 2 heterocycles. The second-order valence-corrected chi connectivity index (χ2v) is 7.84. The number of nitrogens with zero attached hydrogens (tertiary/aromatic N) is 2. The largest absolute Gasteiger partial charge is 0.275 e. The Labute approximate surface area is 151 Å². The predicted octanol–water partition coefficient (Wildman–Crippen LogP) is 5.42. The van der Waals surface area contributed by atoms with Crippen molar-refractivity contribution in [3.05, 3.63) is 77.0 Å². The van der Waals surface area contributed by atoms with Gasteiger partial charge in [-0.2, -0.15) is 0 Å². The highest BCUT2D eigenvalue weighted by molar-refractivity contribution is 6.14. The third-order valence-electron chi connectivity index (χ3n) is 5.75. The maximum Gasteiger partial charge on any atom is 0.132 e. The van der Waals surface area contributed by atoms with Crippen LogP contribution in [-0.4, -0.2) is 16.2 Å². The summed E-state index contributed by atoms with van der Waals surface area (Å²) >= 11 is 0. The van der Waals surface area contributed by atoms with E-state index in [1.54, 1.807) is 36.4 Å².